The molecule has 0 radical (unpaired) electrons. The van der Waals surface area contributed by atoms with Crippen LogP contribution < -0.4 is 5.73 Å². The Bertz CT molecular complexity index is 318. The van der Waals surface area contributed by atoms with Crippen LogP contribution in [-0.2, 0) is 9.53 Å². The molecule has 0 aromatic heterocycles. The van der Waals surface area contributed by atoms with Gasteiger partial charge in [0, 0.05) is 31.7 Å². The first-order valence-electron chi connectivity index (χ1n) is 7.88. The molecule has 4 nitrogen and oxygen atoms in total. The van der Waals surface area contributed by atoms with Crippen LogP contribution >= 0.6 is 12.4 Å². The Balaban J connectivity index is 0.00000147. The highest BCUT2D eigenvalue weighted by Gasteiger charge is 2.41. The van der Waals surface area contributed by atoms with E-state index >= 15 is 0 Å². The summed E-state index contributed by atoms with van der Waals surface area (Å²) in [7, 11) is 0. The predicted octanol–water partition coefficient (Wildman–Crippen LogP) is 1.81. The lowest BCUT2D eigenvalue weighted by atomic mass is 9.65. The first-order valence-corrected chi connectivity index (χ1v) is 7.88. The fourth-order valence-corrected chi connectivity index (χ4v) is 4.22. The number of hydrogen-bond acceptors (Lipinski definition) is 3. The minimum atomic E-state index is 0. The van der Waals surface area contributed by atoms with E-state index < -0.39 is 0 Å². The molecule has 2 aliphatic carbocycles. The van der Waals surface area contributed by atoms with Crippen molar-refractivity contribution >= 4 is 18.3 Å². The summed E-state index contributed by atoms with van der Waals surface area (Å²) >= 11 is 0. The van der Waals surface area contributed by atoms with Crippen molar-refractivity contribution in [3.8, 4) is 0 Å². The summed E-state index contributed by atoms with van der Waals surface area (Å²) in [5.41, 5.74) is 6.31. The van der Waals surface area contributed by atoms with Gasteiger partial charge in [-0.2, -0.15) is 0 Å². The third-order valence-electron chi connectivity index (χ3n) is 5.30. The molecule has 116 valence electrons. The van der Waals surface area contributed by atoms with Crippen LogP contribution in [0.15, 0.2) is 0 Å². The molecule has 3 aliphatic rings. The van der Waals surface area contributed by atoms with E-state index in [2.05, 4.69) is 0 Å². The van der Waals surface area contributed by atoms with Crippen LogP contribution in [-0.4, -0.2) is 43.2 Å². The van der Waals surface area contributed by atoms with Crippen LogP contribution in [0, 0.1) is 17.8 Å². The topological polar surface area (TPSA) is 55.6 Å². The molecule has 2 bridgehead atoms. The summed E-state index contributed by atoms with van der Waals surface area (Å²) in [6, 6.07) is 0.352. The maximum Gasteiger partial charge on any atom is 0.225 e. The molecule has 1 amide bonds. The molecule has 3 fully saturated rings. The van der Waals surface area contributed by atoms with E-state index in [9.17, 15) is 4.79 Å². The van der Waals surface area contributed by atoms with Crippen molar-refractivity contribution in [2.75, 3.05) is 26.3 Å². The molecule has 1 aliphatic heterocycles. The predicted molar refractivity (Wildman–Crippen MR) is 80.8 cm³/mol. The number of hydrogen-bond donors (Lipinski definition) is 1. The Morgan fingerprint density at radius 2 is 1.75 bits per heavy atom. The number of amides is 1. The van der Waals surface area contributed by atoms with E-state index in [0.29, 0.717) is 30.4 Å². The molecule has 20 heavy (non-hydrogen) atoms. The first kappa shape index (κ1) is 16.1. The quantitative estimate of drug-likeness (QED) is 0.804. The normalized spacial score (nSPS) is 37.8. The van der Waals surface area contributed by atoms with Gasteiger partial charge < -0.3 is 15.4 Å². The molecule has 2 unspecified atom stereocenters. The van der Waals surface area contributed by atoms with Crippen molar-refractivity contribution in [3.05, 3.63) is 0 Å². The highest BCUT2D eigenvalue weighted by molar-refractivity contribution is 5.85. The number of ether oxygens (including phenoxy) is 1. The van der Waals surface area contributed by atoms with Crippen molar-refractivity contribution in [3.63, 3.8) is 0 Å². The van der Waals surface area contributed by atoms with Crippen LogP contribution in [0.25, 0.3) is 0 Å². The van der Waals surface area contributed by atoms with Gasteiger partial charge in [0.2, 0.25) is 5.91 Å². The van der Waals surface area contributed by atoms with Gasteiger partial charge in [-0.1, -0.05) is 6.42 Å². The Labute approximate surface area is 127 Å². The van der Waals surface area contributed by atoms with E-state index in [1.807, 2.05) is 4.90 Å². The van der Waals surface area contributed by atoms with Gasteiger partial charge in [-0.3, -0.25) is 4.79 Å². The van der Waals surface area contributed by atoms with Gasteiger partial charge in [-0.15, -0.1) is 12.4 Å². The number of fused-ring (bicyclic) bond motifs is 2. The lowest BCUT2D eigenvalue weighted by molar-refractivity contribution is -0.138. The fraction of sp³-hybridized carbons (Fsp3) is 0.933. The van der Waals surface area contributed by atoms with Crippen LogP contribution in [0.3, 0.4) is 0 Å². The SMILES string of the molecule is Cl.NC1C2CCCC1CC(C(=O)N1CCCOCC1)C2. The summed E-state index contributed by atoms with van der Waals surface area (Å²) in [4.78, 5) is 14.7. The molecule has 3 rings (SSSR count). The smallest absolute Gasteiger partial charge is 0.225 e. The number of nitrogens with zero attached hydrogens (tertiary/aromatic N) is 1. The zero-order valence-corrected chi connectivity index (χ0v) is 12.9. The largest absolute Gasteiger partial charge is 0.380 e. The van der Waals surface area contributed by atoms with Crippen LogP contribution in [0.5, 0.6) is 0 Å². The standard InChI is InChI=1S/C15H26N2O2.ClH/c16-14-11-3-1-4-12(14)10-13(9-11)15(18)17-5-2-7-19-8-6-17;/h11-14H,1-10,16H2;1H. The van der Waals surface area contributed by atoms with Gasteiger partial charge in [0.05, 0.1) is 6.61 Å². The zero-order valence-electron chi connectivity index (χ0n) is 12.1. The molecule has 2 N–H and O–H groups in total. The van der Waals surface area contributed by atoms with Crippen molar-refractivity contribution < 1.29 is 9.53 Å². The van der Waals surface area contributed by atoms with E-state index in [1.54, 1.807) is 0 Å². The van der Waals surface area contributed by atoms with E-state index in [4.69, 9.17) is 10.5 Å². The van der Waals surface area contributed by atoms with Gasteiger partial charge in [0.15, 0.2) is 0 Å². The minimum absolute atomic E-state index is 0. The summed E-state index contributed by atoms with van der Waals surface area (Å²) in [5, 5.41) is 0. The molecule has 2 saturated carbocycles. The Hall–Kier alpha value is -0.320. The van der Waals surface area contributed by atoms with Crippen LogP contribution in [0.2, 0.25) is 0 Å². The molecule has 0 aromatic rings. The zero-order chi connectivity index (χ0) is 13.2. The second kappa shape index (κ2) is 7.10. The lowest BCUT2D eigenvalue weighted by Gasteiger charge is -2.44. The van der Waals surface area contributed by atoms with Gasteiger partial charge in [0.1, 0.15) is 0 Å². The molecule has 2 atom stereocenters. The average Bonchev–Trinajstić information content (AvgIpc) is 2.66. The van der Waals surface area contributed by atoms with Crippen molar-refractivity contribution in [2.24, 2.45) is 23.5 Å². The Kier molecular flexibility index (Phi) is 5.70. The Morgan fingerprint density at radius 3 is 2.45 bits per heavy atom. The lowest BCUT2D eigenvalue weighted by Crippen LogP contribution is -2.50. The van der Waals surface area contributed by atoms with E-state index in [0.717, 1.165) is 39.0 Å². The summed E-state index contributed by atoms with van der Waals surface area (Å²) in [5.74, 6) is 1.77. The van der Waals surface area contributed by atoms with E-state index in [1.165, 1.54) is 19.3 Å². The minimum Gasteiger partial charge on any atom is -0.380 e. The third-order valence-corrected chi connectivity index (χ3v) is 5.30. The Morgan fingerprint density at radius 1 is 1.05 bits per heavy atom. The van der Waals surface area contributed by atoms with E-state index in [-0.39, 0.29) is 18.3 Å². The van der Waals surface area contributed by atoms with Crippen LogP contribution in [0.1, 0.15) is 38.5 Å². The van der Waals surface area contributed by atoms with Gasteiger partial charge >= 0.3 is 0 Å². The number of carbonyl (C=O) groups is 1. The first-order chi connectivity index (χ1) is 9.25. The average molecular weight is 303 g/mol. The van der Waals surface area contributed by atoms with Crippen molar-refractivity contribution in [1.29, 1.82) is 0 Å². The van der Waals surface area contributed by atoms with Gasteiger partial charge in [0.25, 0.3) is 0 Å². The molecule has 5 heteroatoms. The van der Waals surface area contributed by atoms with Crippen molar-refractivity contribution in [1.82, 2.24) is 4.90 Å². The molecule has 1 heterocycles. The fourth-order valence-electron chi connectivity index (χ4n) is 4.22. The molecular weight excluding hydrogens is 276 g/mol. The number of rotatable bonds is 1. The molecular formula is C15H27ClN2O2. The highest BCUT2D eigenvalue weighted by Crippen LogP contribution is 2.42. The maximum atomic E-state index is 12.7. The molecule has 0 spiro atoms. The number of nitrogens with two attached hydrogens (primary N) is 1. The summed E-state index contributed by atoms with van der Waals surface area (Å²) < 4.78 is 5.44. The van der Waals surface area contributed by atoms with Gasteiger partial charge in [-0.25, -0.2) is 0 Å². The monoisotopic (exact) mass is 302 g/mol. The van der Waals surface area contributed by atoms with Crippen LogP contribution in [0.4, 0.5) is 0 Å². The third kappa shape index (κ3) is 3.29. The number of carbonyl (C=O) groups excluding carboxylic acids is 1. The van der Waals surface area contributed by atoms with Gasteiger partial charge in [-0.05, 0) is 43.9 Å². The summed E-state index contributed by atoms with van der Waals surface area (Å²) in [6.07, 6.45) is 6.78. The highest BCUT2D eigenvalue weighted by atomic mass is 35.5. The number of halogens is 1. The second-order valence-corrected chi connectivity index (χ2v) is 6.49. The molecule has 1 saturated heterocycles. The van der Waals surface area contributed by atoms with Crippen molar-refractivity contribution in [2.45, 2.75) is 44.6 Å². The maximum absolute atomic E-state index is 12.7. The molecule has 0 aromatic carbocycles. The summed E-state index contributed by atoms with van der Waals surface area (Å²) in [6.45, 7) is 3.14. The second-order valence-electron chi connectivity index (χ2n) is 6.49.